The molecule has 2 saturated heterocycles. The molecule has 1 aromatic rings. The number of hydrogen-bond donors (Lipinski definition) is 2. The Hall–Kier alpha value is -1.82. The largest absolute Gasteiger partial charge is 0.395 e. The van der Waals surface area contributed by atoms with E-state index in [1.54, 1.807) is 17.2 Å². The second-order valence-corrected chi connectivity index (χ2v) is 6.45. The van der Waals surface area contributed by atoms with Gasteiger partial charge in [-0.2, -0.15) is 0 Å². The van der Waals surface area contributed by atoms with Crippen LogP contribution >= 0.6 is 0 Å². The molecular formula is C16H23N3O3. The molecule has 2 fully saturated rings. The zero-order valence-electron chi connectivity index (χ0n) is 12.8. The lowest BCUT2D eigenvalue weighted by molar-refractivity contribution is -0.139. The molecule has 0 aliphatic carbocycles. The van der Waals surface area contributed by atoms with Gasteiger partial charge in [0.25, 0.3) is 5.91 Å². The van der Waals surface area contributed by atoms with E-state index in [-0.39, 0.29) is 23.8 Å². The lowest BCUT2D eigenvalue weighted by Gasteiger charge is -2.48. The molecule has 0 saturated carbocycles. The minimum atomic E-state index is -0.0103. The normalized spacial score (nSPS) is 25.8. The molecule has 6 nitrogen and oxygen atoms in total. The van der Waals surface area contributed by atoms with E-state index in [1.165, 1.54) is 0 Å². The van der Waals surface area contributed by atoms with E-state index < -0.39 is 0 Å². The summed E-state index contributed by atoms with van der Waals surface area (Å²) in [5.74, 6) is 0.155. The summed E-state index contributed by atoms with van der Waals surface area (Å²) < 4.78 is 0. The Bertz CT molecular complexity index is 543. The number of carbonyl (C=O) groups excluding carboxylic acids is 2. The Kier molecular flexibility index (Phi) is 4.20. The number of aromatic nitrogens is 1. The fourth-order valence-corrected chi connectivity index (χ4v) is 3.77. The number of H-pyrrole nitrogens is 1. The summed E-state index contributed by atoms with van der Waals surface area (Å²) >= 11 is 0. The topological polar surface area (TPSA) is 76.6 Å². The molecule has 22 heavy (non-hydrogen) atoms. The first-order valence-corrected chi connectivity index (χ1v) is 7.95. The monoisotopic (exact) mass is 305 g/mol. The van der Waals surface area contributed by atoms with Crippen LogP contribution < -0.4 is 0 Å². The van der Waals surface area contributed by atoms with Crippen LogP contribution in [-0.4, -0.2) is 64.5 Å². The van der Waals surface area contributed by atoms with Crippen molar-refractivity contribution < 1.29 is 14.7 Å². The molecule has 2 N–H and O–H groups in total. The molecule has 2 aliphatic rings. The van der Waals surface area contributed by atoms with E-state index in [9.17, 15) is 9.59 Å². The van der Waals surface area contributed by atoms with Gasteiger partial charge < -0.3 is 19.9 Å². The van der Waals surface area contributed by atoms with Crippen molar-refractivity contribution in [1.82, 2.24) is 14.8 Å². The van der Waals surface area contributed by atoms with Crippen LogP contribution in [0.2, 0.25) is 0 Å². The third-order valence-corrected chi connectivity index (χ3v) is 4.90. The Labute approximate surface area is 130 Å². The number of nitrogens with one attached hydrogen (secondary N) is 1. The van der Waals surface area contributed by atoms with Gasteiger partial charge in [0, 0.05) is 44.2 Å². The van der Waals surface area contributed by atoms with Gasteiger partial charge in [-0.3, -0.25) is 9.59 Å². The molecule has 2 amide bonds. The van der Waals surface area contributed by atoms with Crippen LogP contribution in [-0.2, 0) is 4.79 Å². The lowest BCUT2D eigenvalue weighted by Crippen LogP contribution is -2.55. The van der Waals surface area contributed by atoms with Crippen molar-refractivity contribution in [2.24, 2.45) is 5.41 Å². The highest BCUT2D eigenvalue weighted by Crippen LogP contribution is 2.39. The van der Waals surface area contributed by atoms with Crippen molar-refractivity contribution in [3.8, 4) is 0 Å². The van der Waals surface area contributed by atoms with Crippen molar-refractivity contribution in [2.75, 3.05) is 32.8 Å². The number of aliphatic hydroxyl groups excluding tert-OH is 1. The summed E-state index contributed by atoms with van der Waals surface area (Å²) in [7, 11) is 0. The maximum atomic E-state index is 12.5. The van der Waals surface area contributed by atoms with Crippen LogP contribution in [0.4, 0.5) is 0 Å². The van der Waals surface area contributed by atoms with E-state index >= 15 is 0 Å². The third-order valence-electron chi connectivity index (χ3n) is 4.90. The Balaban J connectivity index is 1.72. The highest BCUT2D eigenvalue weighted by Gasteiger charge is 2.42. The van der Waals surface area contributed by atoms with Gasteiger partial charge in [0.2, 0.25) is 5.91 Å². The molecule has 0 aromatic carbocycles. The SMILES string of the molecule is O=C1CCC2(CCCN(C(=O)c3ccc[nH]3)C2)CN1CCO. The minimum Gasteiger partial charge on any atom is -0.395 e. The van der Waals surface area contributed by atoms with Crippen LogP contribution in [0.25, 0.3) is 0 Å². The Morgan fingerprint density at radius 2 is 2.23 bits per heavy atom. The number of carbonyl (C=O) groups is 2. The first-order chi connectivity index (χ1) is 10.6. The predicted molar refractivity (Wildman–Crippen MR) is 81.3 cm³/mol. The molecule has 120 valence electrons. The molecule has 1 spiro atoms. The summed E-state index contributed by atoms with van der Waals surface area (Å²) in [6.45, 7) is 2.51. The standard InChI is InChI=1S/C16H23N3O3/c20-10-9-18-11-16(6-4-14(18)21)5-2-8-19(12-16)15(22)13-3-1-7-17-13/h1,3,7,17,20H,2,4-6,8-12H2. The molecule has 1 atom stereocenters. The van der Waals surface area contributed by atoms with Crippen molar-refractivity contribution >= 4 is 11.8 Å². The van der Waals surface area contributed by atoms with Gasteiger partial charge in [0.05, 0.1) is 6.61 Å². The number of hydrogen-bond acceptors (Lipinski definition) is 3. The third kappa shape index (κ3) is 2.88. The van der Waals surface area contributed by atoms with Gasteiger partial charge in [-0.05, 0) is 31.4 Å². The zero-order chi connectivity index (χ0) is 15.6. The number of rotatable bonds is 3. The average Bonchev–Trinajstić information content (AvgIpc) is 3.05. The van der Waals surface area contributed by atoms with Gasteiger partial charge >= 0.3 is 0 Å². The predicted octanol–water partition coefficient (Wildman–Crippen LogP) is 0.852. The first kappa shape index (κ1) is 15.1. The van der Waals surface area contributed by atoms with Crippen LogP contribution in [0.15, 0.2) is 18.3 Å². The number of likely N-dealkylation sites (tertiary alicyclic amines) is 2. The number of aromatic amines is 1. The Morgan fingerprint density at radius 3 is 2.95 bits per heavy atom. The summed E-state index contributed by atoms with van der Waals surface area (Å²) in [6, 6.07) is 3.63. The number of piperidine rings is 2. The van der Waals surface area contributed by atoms with E-state index in [2.05, 4.69) is 4.98 Å². The van der Waals surface area contributed by atoms with Crippen molar-refractivity contribution in [3.63, 3.8) is 0 Å². The molecule has 0 radical (unpaired) electrons. The minimum absolute atomic E-state index is 0.00700. The molecule has 3 heterocycles. The van der Waals surface area contributed by atoms with E-state index in [1.807, 2.05) is 11.0 Å². The van der Waals surface area contributed by atoms with E-state index in [4.69, 9.17) is 5.11 Å². The van der Waals surface area contributed by atoms with Gasteiger partial charge in [0.1, 0.15) is 5.69 Å². The van der Waals surface area contributed by atoms with Crippen LogP contribution in [0, 0.1) is 5.41 Å². The number of amides is 2. The molecule has 1 aromatic heterocycles. The van der Waals surface area contributed by atoms with Gasteiger partial charge in [-0.1, -0.05) is 0 Å². The second kappa shape index (κ2) is 6.12. The van der Waals surface area contributed by atoms with E-state index in [0.29, 0.717) is 31.7 Å². The Morgan fingerprint density at radius 1 is 1.36 bits per heavy atom. The average molecular weight is 305 g/mol. The second-order valence-electron chi connectivity index (χ2n) is 6.45. The summed E-state index contributed by atoms with van der Waals surface area (Å²) in [6.07, 6.45) is 5.12. The van der Waals surface area contributed by atoms with Crippen molar-refractivity contribution in [3.05, 3.63) is 24.0 Å². The van der Waals surface area contributed by atoms with Crippen molar-refractivity contribution in [1.29, 1.82) is 0 Å². The van der Waals surface area contributed by atoms with Gasteiger partial charge in [-0.15, -0.1) is 0 Å². The van der Waals surface area contributed by atoms with E-state index in [0.717, 1.165) is 25.8 Å². The van der Waals surface area contributed by atoms with Gasteiger partial charge in [-0.25, -0.2) is 0 Å². The maximum absolute atomic E-state index is 12.5. The van der Waals surface area contributed by atoms with Crippen LogP contribution in [0.5, 0.6) is 0 Å². The summed E-state index contributed by atoms with van der Waals surface area (Å²) in [5.41, 5.74) is 0.611. The molecule has 2 aliphatic heterocycles. The molecule has 3 rings (SSSR count). The van der Waals surface area contributed by atoms with Crippen molar-refractivity contribution in [2.45, 2.75) is 25.7 Å². The highest BCUT2D eigenvalue weighted by molar-refractivity contribution is 5.92. The van der Waals surface area contributed by atoms with Crippen LogP contribution in [0.3, 0.4) is 0 Å². The maximum Gasteiger partial charge on any atom is 0.270 e. The zero-order valence-corrected chi connectivity index (χ0v) is 12.8. The van der Waals surface area contributed by atoms with Crippen LogP contribution in [0.1, 0.15) is 36.2 Å². The quantitative estimate of drug-likeness (QED) is 0.869. The number of aliphatic hydroxyl groups is 1. The molecule has 0 bridgehead atoms. The number of β-amino-alcohol motifs (C(OH)–C–C–N with tert-alkyl or cyclic N) is 1. The first-order valence-electron chi connectivity index (χ1n) is 7.95. The molecule has 6 heteroatoms. The summed E-state index contributed by atoms with van der Waals surface area (Å²) in [4.78, 5) is 31.1. The van der Waals surface area contributed by atoms with Gasteiger partial charge in [0.15, 0.2) is 0 Å². The number of nitrogens with zero attached hydrogens (tertiary/aromatic N) is 2. The fourth-order valence-electron chi connectivity index (χ4n) is 3.77. The fraction of sp³-hybridized carbons (Fsp3) is 0.625. The highest BCUT2D eigenvalue weighted by atomic mass is 16.3. The summed E-state index contributed by atoms with van der Waals surface area (Å²) in [5, 5.41) is 9.13. The molecule has 1 unspecified atom stereocenters. The molecular weight excluding hydrogens is 282 g/mol. The lowest BCUT2D eigenvalue weighted by atomic mass is 9.73. The smallest absolute Gasteiger partial charge is 0.270 e.